The van der Waals surface area contributed by atoms with Gasteiger partial charge in [0.05, 0.1) is 16.7 Å². The highest BCUT2D eigenvalue weighted by atomic mass is 19.4. The van der Waals surface area contributed by atoms with Gasteiger partial charge in [0.15, 0.2) is 0 Å². The molecule has 3 rings (SSSR count). The third-order valence-electron chi connectivity index (χ3n) is 4.78. The highest BCUT2D eigenvalue weighted by molar-refractivity contribution is 5.57. The van der Waals surface area contributed by atoms with Crippen molar-refractivity contribution in [1.29, 1.82) is 0 Å². The Morgan fingerprint density at radius 3 is 1.24 bits per heavy atom. The first-order chi connectivity index (χ1) is 17.2. The van der Waals surface area contributed by atoms with Gasteiger partial charge in [-0.05, 0) is 30.3 Å². The van der Waals surface area contributed by atoms with E-state index in [0.717, 1.165) is 0 Å². The molecule has 0 saturated heterocycles. The smallest absolute Gasteiger partial charge is 0.420 e. The predicted molar refractivity (Wildman–Crippen MR) is 108 cm³/mol. The molecule has 4 nitrogen and oxygen atoms in total. The summed E-state index contributed by atoms with van der Waals surface area (Å²) in [5, 5.41) is 0. The summed E-state index contributed by atoms with van der Waals surface area (Å²) in [6.07, 6.45) is -21.2. The van der Waals surface area contributed by atoms with Gasteiger partial charge in [0.1, 0.15) is 28.6 Å². The van der Waals surface area contributed by atoms with Gasteiger partial charge in [0.2, 0.25) is 0 Å². The normalized spacial score (nSPS) is 12.9. The Labute approximate surface area is 204 Å². The average Bonchev–Trinajstić information content (AvgIpc) is 2.70. The van der Waals surface area contributed by atoms with Crippen molar-refractivity contribution < 1.29 is 62.2 Å². The van der Waals surface area contributed by atoms with Gasteiger partial charge < -0.3 is 20.9 Å². The topological polar surface area (TPSA) is 70.5 Å². The minimum absolute atomic E-state index is 0.0787. The van der Waals surface area contributed by atoms with Crippen LogP contribution in [0.1, 0.15) is 22.3 Å². The van der Waals surface area contributed by atoms with Crippen LogP contribution in [-0.4, -0.2) is 0 Å². The van der Waals surface area contributed by atoms with Gasteiger partial charge in [-0.15, -0.1) is 0 Å². The summed E-state index contributed by atoms with van der Waals surface area (Å²) >= 11 is 0. The Kier molecular flexibility index (Phi) is 7.07. The summed E-state index contributed by atoms with van der Waals surface area (Å²) in [7, 11) is 0. The highest BCUT2D eigenvalue weighted by Crippen LogP contribution is 2.49. The van der Waals surface area contributed by atoms with Crippen LogP contribution in [0.4, 0.5) is 64.1 Å². The van der Waals surface area contributed by atoms with Crippen molar-refractivity contribution in [2.24, 2.45) is 0 Å². The molecule has 0 aliphatic rings. The van der Waals surface area contributed by atoms with E-state index in [0.29, 0.717) is 42.5 Å². The maximum atomic E-state index is 13.7. The van der Waals surface area contributed by atoms with Crippen molar-refractivity contribution in [2.45, 2.75) is 24.7 Å². The molecule has 0 aromatic heterocycles. The van der Waals surface area contributed by atoms with Gasteiger partial charge in [-0.1, -0.05) is 0 Å². The number of nitrogen functional groups attached to an aromatic ring is 2. The number of hydrogen-bond donors (Lipinski definition) is 2. The van der Waals surface area contributed by atoms with Crippen LogP contribution in [0, 0.1) is 0 Å². The van der Waals surface area contributed by atoms with E-state index in [1.165, 1.54) is 0 Å². The van der Waals surface area contributed by atoms with E-state index >= 15 is 0 Å². The molecule has 0 amide bonds. The highest BCUT2D eigenvalue weighted by Gasteiger charge is 2.46. The summed E-state index contributed by atoms with van der Waals surface area (Å²) in [4.78, 5) is 0. The molecule has 0 unspecified atom stereocenters. The van der Waals surface area contributed by atoms with Gasteiger partial charge >= 0.3 is 24.7 Å². The van der Waals surface area contributed by atoms with Crippen molar-refractivity contribution >= 4 is 11.4 Å². The van der Waals surface area contributed by atoms with Gasteiger partial charge in [0.25, 0.3) is 0 Å². The van der Waals surface area contributed by atoms with E-state index in [9.17, 15) is 52.7 Å². The van der Waals surface area contributed by atoms with Gasteiger partial charge in [-0.25, -0.2) is 0 Å². The molecule has 4 N–H and O–H groups in total. The van der Waals surface area contributed by atoms with Crippen LogP contribution in [0.5, 0.6) is 23.0 Å². The standard InChI is InChI=1S/C22H12F12N2O2/c23-19(24,25)12-3-1-9(6-15(12)35)37-11-5-14(21(29,30)31)18(22(32,33)34)17(8-11)38-10-2-4-13(16(36)7-10)20(26,27)28/h1-8H,35-36H2. The van der Waals surface area contributed by atoms with Crippen LogP contribution in [0.15, 0.2) is 48.5 Å². The average molecular weight is 564 g/mol. The van der Waals surface area contributed by atoms with Crippen LogP contribution in [0.3, 0.4) is 0 Å². The molecule has 0 bridgehead atoms. The van der Waals surface area contributed by atoms with Crippen molar-refractivity contribution in [3.63, 3.8) is 0 Å². The Morgan fingerprint density at radius 2 is 0.868 bits per heavy atom. The fraction of sp³-hybridized carbons (Fsp3) is 0.182. The number of halogens is 12. The molecule has 0 aliphatic carbocycles. The van der Waals surface area contributed by atoms with Crippen molar-refractivity contribution in [1.82, 2.24) is 0 Å². The van der Waals surface area contributed by atoms with E-state index in [1.54, 1.807) is 0 Å². The zero-order chi connectivity index (χ0) is 28.8. The number of benzene rings is 3. The largest absolute Gasteiger partial charge is 0.457 e. The molecule has 0 spiro atoms. The first-order valence-corrected chi connectivity index (χ1v) is 9.79. The second-order valence-electron chi connectivity index (χ2n) is 7.54. The molecule has 38 heavy (non-hydrogen) atoms. The van der Waals surface area contributed by atoms with Crippen molar-refractivity contribution in [2.75, 3.05) is 11.5 Å². The van der Waals surface area contributed by atoms with Gasteiger partial charge in [0, 0.05) is 29.6 Å². The predicted octanol–water partition coefficient (Wildman–Crippen LogP) is 8.51. The Bertz CT molecular complexity index is 1340. The van der Waals surface area contributed by atoms with E-state index < -0.39 is 81.3 Å². The zero-order valence-corrected chi connectivity index (χ0v) is 18.1. The van der Waals surface area contributed by atoms with E-state index in [2.05, 4.69) is 0 Å². The fourth-order valence-electron chi connectivity index (χ4n) is 3.23. The Balaban J connectivity index is 2.15. The van der Waals surface area contributed by atoms with Crippen LogP contribution in [-0.2, 0) is 24.7 Å². The monoisotopic (exact) mass is 564 g/mol. The molecule has 0 atom stereocenters. The lowest BCUT2D eigenvalue weighted by atomic mass is 10.0. The number of anilines is 2. The van der Waals surface area contributed by atoms with Crippen LogP contribution < -0.4 is 20.9 Å². The summed E-state index contributed by atoms with van der Waals surface area (Å²) in [6, 6.07) is 3.21. The van der Waals surface area contributed by atoms with Crippen molar-refractivity contribution in [3.05, 3.63) is 70.8 Å². The second kappa shape index (κ2) is 9.40. The Hall–Kier alpha value is -3.98. The number of rotatable bonds is 4. The molecule has 0 radical (unpaired) electrons. The number of ether oxygens (including phenoxy) is 2. The summed E-state index contributed by atoms with van der Waals surface area (Å²) in [5.74, 6) is -3.88. The van der Waals surface area contributed by atoms with E-state index in [-0.39, 0.29) is 6.07 Å². The minimum Gasteiger partial charge on any atom is -0.457 e. The molecule has 3 aromatic rings. The van der Waals surface area contributed by atoms with Crippen LogP contribution in [0.2, 0.25) is 0 Å². The Morgan fingerprint density at radius 1 is 0.447 bits per heavy atom. The maximum absolute atomic E-state index is 13.7. The van der Waals surface area contributed by atoms with Gasteiger partial charge in [-0.2, -0.15) is 52.7 Å². The summed E-state index contributed by atoms with van der Waals surface area (Å²) in [6.45, 7) is 0. The first-order valence-electron chi connectivity index (χ1n) is 9.79. The zero-order valence-electron chi connectivity index (χ0n) is 18.1. The lowest BCUT2D eigenvalue weighted by Crippen LogP contribution is -2.18. The molecule has 3 aromatic carbocycles. The molecule has 0 fully saturated rings. The third-order valence-corrected chi connectivity index (χ3v) is 4.78. The third kappa shape index (κ3) is 6.28. The van der Waals surface area contributed by atoms with Crippen molar-refractivity contribution in [3.8, 4) is 23.0 Å². The fourth-order valence-corrected chi connectivity index (χ4v) is 3.23. The molecular weight excluding hydrogens is 552 g/mol. The summed E-state index contributed by atoms with van der Waals surface area (Å²) < 4.78 is 169. The molecular formula is C22H12F12N2O2. The van der Waals surface area contributed by atoms with Crippen LogP contribution in [0.25, 0.3) is 0 Å². The molecule has 0 heterocycles. The number of nitrogens with two attached hydrogens (primary N) is 2. The van der Waals surface area contributed by atoms with E-state index in [4.69, 9.17) is 20.9 Å². The van der Waals surface area contributed by atoms with Crippen LogP contribution >= 0.6 is 0 Å². The molecule has 0 aliphatic heterocycles. The van der Waals surface area contributed by atoms with Gasteiger partial charge in [-0.3, -0.25) is 0 Å². The lowest BCUT2D eigenvalue weighted by Gasteiger charge is -2.21. The second-order valence-corrected chi connectivity index (χ2v) is 7.54. The first kappa shape index (κ1) is 28.6. The maximum Gasteiger partial charge on any atom is 0.420 e. The number of hydrogen-bond acceptors (Lipinski definition) is 4. The number of alkyl halides is 12. The molecule has 206 valence electrons. The SMILES string of the molecule is Nc1cc(Oc2cc(Oc3ccc(C(F)(F)F)c(N)c3)c(C(F)(F)F)c(C(F)(F)F)c2)ccc1C(F)(F)F. The molecule has 0 saturated carbocycles. The summed E-state index contributed by atoms with van der Waals surface area (Å²) in [5.41, 5.74) is 1.31. The molecule has 16 heteroatoms. The lowest BCUT2D eigenvalue weighted by molar-refractivity contribution is -0.162. The van der Waals surface area contributed by atoms with E-state index in [1.807, 2.05) is 0 Å². The quantitative estimate of drug-likeness (QED) is 0.246. The minimum atomic E-state index is -5.69.